The highest BCUT2D eigenvalue weighted by Gasteiger charge is 2.43. The summed E-state index contributed by atoms with van der Waals surface area (Å²) in [4.78, 5) is 16.8. The van der Waals surface area contributed by atoms with Crippen molar-refractivity contribution in [3.8, 4) is 0 Å². The van der Waals surface area contributed by atoms with Crippen LogP contribution in [0, 0.1) is 11.7 Å². The van der Waals surface area contributed by atoms with Crippen molar-refractivity contribution < 1.29 is 19.4 Å². The molecule has 1 aromatic heterocycles. The number of aromatic carboxylic acids is 1. The van der Waals surface area contributed by atoms with Gasteiger partial charge in [0.25, 0.3) is 0 Å². The number of hydrogen-bond donors (Lipinski definition) is 2. The van der Waals surface area contributed by atoms with Crippen LogP contribution in [0.25, 0.3) is 0 Å². The zero-order valence-electron chi connectivity index (χ0n) is 11.8. The molecule has 1 saturated heterocycles. The molecule has 1 aliphatic heterocycles. The lowest BCUT2D eigenvalue weighted by molar-refractivity contribution is -0.0614. The second kappa shape index (κ2) is 5.26. The first-order valence-electron chi connectivity index (χ1n) is 7.36. The van der Waals surface area contributed by atoms with E-state index in [1.807, 2.05) is 0 Å². The van der Waals surface area contributed by atoms with Crippen molar-refractivity contribution in [2.45, 2.75) is 37.7 Å². The summed E-state index contributed by atoms with van der Waals surface area (Å²) in [5.41, 5.74) is -1.00. The van der Waals surface area contributed by atoms with E-state index in [-0.39, 0.29) is 17.3 Å². The fraction of sp³-hybridized carbons (Fsp3) is 0.600. The quantitative estimate of drug-likeness (QED) is 0.873. The molecule has 114 valence electrons. The van der Waals surface area contributed by atoms with E-state index < -0.39 is 17.4 Å². The van der Waals surface area contributed by atoms with Crippen LogP contribution in [0.5, 0.6) is 0 Å². The van der Waals surface area contributed by atoms with Crippen molar-refractivity contribution in [1.29, 1.82) is 0 Å². The summed E-state index contributed by atoms with van der Waals surface area (Å²) in [5, 5.41) is 19.6. The number of carboxylic acid groups (broad SMARTS) is 1. The number of rotatable bonds is 2. The first-order chi connectivity index (χ1) is 10.0. The molecule has 0 amide bonds. The minimum atomic E-state index is -1.29. The fourth-order valence-electron chi connectivity index (χ4n) is 3.58. The van der Waals surface area contributed by atoms with Crippen LogP contribution in [0.3, 0.4) is 0 Å². The molecule has 2 N–H and O–H groups in total. The Morgan fingerprint density at radius 2 is 2.24 bits per heavy atom. The van der Waals surface area contributed by atoms with Gasteiger partial charge in [0.15, 0.2) is 11.6 Å². The molecule has 2 fully saturated rings. The Labute approximate surface area is 122 Å². The van der Waals surface area contributed by atoms with Crippen LogP contribution in [0.15, 0.2) is 12.3 Å². The molecular weight excluding hydrogens is 275 g/mol. The molecule has 3 rings (SSSR count). The van der Waals surface area contributed by atoms with Crippen LogP contribution in [0.2, 0.25) is 0 Å². The number of aromatic nitrogens is 1. The number of fused-ring (bicyclic) bond motifs is 1. The standard InChI is InChI=1S/C15H19FN2O3/c16-12-11(14(19)20)4-7-17-13(12)18-8-6-15(21)5-2-1-3-10(15)9-18/h4,7,10,21H,1-3,5-6,8-9H2,(H,19,20). The normalized spacial score (nSPS) is 29.0. The van der Waals surface area contributed by atoms with Gasteiger partial charge in [-0.3, -0.25) is 0 Å². The molecule has 2 unspecified atom stereocenters. The topological polar surface area (TPSA) is 73.7 Å². The molecule has 1 aromatic rings. The van der Waals surface area contributed by atoms with E-state index in [0.717, 1.165) is 25.7 Å². The van der Waals surface area contributed by atoms with E-state index >= 15 is 0 Å². The number of aliphatic hydroxyl groups is 1. The second-order valence-electron chi connectivity index (χ2n) is 6.04. The van der Waals surface area contributed by atoms with Crippen molar-refractivity contribution in [2.24, 2.45) is 5.92 Å². The van der Waals surface area contributed by atoms with E-state index in [4.69, 9.17) is 5.11 Å². The van der Waals surface area contributed by atoms with Crippen LogP contribution in [0.1, 0.15) is 42.5 Å². The number of nitrogens with zero attached hydrogens (tertiary/aromatic N) is 2. The lowest BCUT2D eigenvalue weighted by Gasteiger charge is -2.47. The summed E-state index contributed by atoms with van der Waals surface area (Å²) in [6.45, 7) is 1.03. The first-order valence-corrected chi connectivity index (χ1v) is 7.36. The molecule has 2 heterocycles. The largest absolute Gasteiger partial charge is 0.478 e. The second-order valence-corrected chi connectivity index (χ2v) is 6.04. The van der Waals surface area contributed by atoms with Gasteiger partial charge >= 0.3 is 5.97 Å². The minimum absolute atomic E-state index is 0.0857. The average Bonchev–Trinajstić information content (AvgIpc) is 2.46. The summed E-state index contributed by atoms with van der Waals surface area (Å²) in [6, 6.07) is 1.17. The number of anilines is 1. The summed E-state index contributed by atoms with van der Waals surface area (Å²) >= 11 is 0. The van der Waals surface area contributed by atoms with Gasteiger partial charge in [-0.05, 0) is 25.3 Å². The Kier molecular flexibility index (Phi) is 3.57. The van der Waals surface area contributed by atoms with Crippen molar-refractivity contribution >= 4 is 11.8 Å². The van der Waals surface area contributed by atoms with Gasteiger partial charge in [-0.25, -0.2) is 14.2 Å². The van der Waals surface area contributed by atoms with Gasteiger partial charge in [-0.1, -0.05) is 12.8 Å². The zero-order valence-corrected chi connectivity index (χ0v) is 11.8. The highest BCUT2D eigenvalue weighted by molar-refractivity contribution is 5.88. The van der Waals surface area contributed by atoms with Gasteiger partial charge < -0.3 is 15.1 Å². The molecule has 1 aliphatic carbocycles. The molecule has 5 nitrogen and oxygen atoms in total. The molecule has 0 spiro atoms. The maximum absolute atomic E-state index is 14.3. The van der Waals surface area contributed by atoms with E-state index in [1.54, 1.807) is 4.90 Å². The van der Waals surface area contributed by atoms with E-state index in [0.29, 0.717) is 19.5 Å². The monoisotopic (exact) mass is 294 g/mol. The molecule has 0 bridgehead atoms. The van der Waals surface area contributed by atoms with Gasteiger partial charge in [0.2, 0.25) is 0 Å². The molecular formula is C15H19FN2O3. The molecule has 6 heteroatoms. The maximum atomic E-state index is 14.3. The van der Waals surface area contributed by atoms with Gasteiger partial charge in [0.05, 0.1) is 5.60 Å². The van der Waals surface area contributed by atoms with Crippen LogP contribution >= 0.6 is 0 Å². The van der Waals surface area contributed by atoms with Crippen LogP contribution in [0.4, 0.5) is 10.2 Å². The van der Waals surface area contributed by atoms with Gasteiger partial charge in [0, 0.05) is 25.2 Å². The van der Waals surface area contributed by atoms with Crippen molar-refractivity contribution in [1.82, 2.24) is 4.98 Å². The van der Waals surface area contributed by atoms with Gasteiger partial charge in [-0.2, -0.15) is 0 Å². The zero-order chi connectivity index (χ0) is 15.0. The summed E-state index contributed by atoms with van der Waals surface area (Å²) in [5.74, 6) is -1.88. The first kappa shape index (κ1) is 14.3. The third kappa shape index (κ3) is 2.48. The summed E-state index contributed by atoms with van der Waals surface area (Å²) < 4.78 is 14.3. The van der Waals surface area contributed by atoms with Crippen molar-refractivity contribution in [3.05, 3.63) is 23.6 Å². The molecule has 0 aromatic carbocycles. The molecule has 0 radical (unpaired) electrons. The Balaban J connectivity index is 1.86. The highest BCUT2D eigenvalue weighted by atomic mass is 19.1. The predicted molar refractivity (Wildman–Crippen MR) is 74.9 cm³/mol. The third-order valence-electron chi connectivity index (χ3n) is 4.83. The van der Waals surface area contributed by atoms with Crippen molar-refractivity contribution in [2.75, 3.05) is 18.0 Å². The number of hydrogen-bond acceptors (Lipinski definition) is 4. The number of halogens is 1. The Hall–Kier alpha value is -1.69. The molecule has 2 atom stereocenters. The Bertz CT molecular complexity index is 566. The highest BCUT2D eigenvalue weighted by Crippen LogP contribution is 2.41. The van der Waals surface area contributed by atoms with E-state index in [2.05, 4.69) is 4.98 Å². The predicted octanol–water partition coefficient (Wildman–Crippen LogP) is 2.05. The molecule has 21 heavy (non-hydrogen) atoms. The Morgan fingerprint density at radius 1 is 1.43 bits per heavy atom. The van der Waals surface area contributed by atoms with E-state index in [1.165, 1.54) is 12.3 Å². The number of carboxylic acids is 1. The number of carbonyl (C=O) groups is 1. The molecule has 1 saturated carbocycles. The SMILES string of the molecule is O=C(O)c1ccnc(N2CCC3(O)CCCCC3C2)c1F. The average molecular weight is 294 g/mol. The smallest absolute Gasteiger partial charge is 0.338 e. The Morgan fingerprint density at radius 3 is 3.00 bits per heavy atom. The number of pyridine rings is 1. The van der Waals surface area contributed by atoms with Crippen LogP contribution in [-0.4, -0.2) is 39.9 Å². The third-order valence-corrected chi connectivity index (χ3v) is 4.83. The number of piperidine rings is 1. The lowest BCUT2D eigenvalue weighted by atomic mass is 9.71. The maximum Gasteiger partial charge on any atom is 0.338 e. The van der Waals surface area contributed by atoms with Gasteiger partial charge in [0.1, 0.15) is 5.56 Å². The summed E-state index contributed by atoms with van der Waals surface area (Å²) in [6.07, 6.45) is 5.74. The lowest BCUT2D eigenvalue weighted by Crippen LogP contribution is -2.53. The minimum Gasteiger partial charge on any atom is -0.478 e. The molecule has 2 aliphatic rings. The summed E-state index contributed by atoms with van der Waals surface area (Å²) in [7, 11) is 0. The van der Waals surface area contributed by atoms with E-state index in [9.17, 15) is 14.3 Å². The van der Waals surface area contributed by atoms with Crippen molar-refractivity contribution in [3.63, 3.8) is 0 Å². The van der Waals surface area contributed by atoms with Crippen LogP contribution in [-0.2, 0) is 0 Å². The van der Waals surface area contributed by atoms with Crippen LogP contribution < -0.4 is 4.90 Å². The fourth-order valence-corrected chi connectivity index (χ4v) is 3.58. The van der Waals surface area contributed by atoms with Gasteiger partial charge in [-0.15, -0.1) is 0 Å².